The molecule has 39 heavy (non-hydrogen) atoms. The molecule has 2 heterocycles. The SMILES string of the molecule is COC(=O)c1c(C(F)(F)F)[nH]c2c(Cc3ccccc3)cc3c(c12)[C@H](COC(C)=O)CN3C(=O)OC(C)(C)C. The Kier molecular flexibility index (Phi) is 7.38. The van der Waals surface area contributed by atoms with Gasteiger partial charge in [-0.05, 0) is 49.9 Å². The molecule has 3 aromatic rings. The number of carbonyl (C=O) groups excluding carboxylic acids is 3. The van der Waals surface area contributed by atoms with Crippen LogP contribution in [0.5, 0.6) is 0 Å². The first-order valence-electron chi connectivity index (χ1n) is 12.3. The number of esters is 2. The van der Waals surface area contributed by atoms with Gasteiger partial charge in [0, 0.05) is 24.8 Å². The smallest absolute Gasteiger partial charge is 0.432 e. The highest BCUT2D eigenvalue weighted by Gasteiger charge is 2.44. The van der Waals surface area contributed by atoms with Crippen LogP contribution >= 0.6 is 0 Å². The van der Waals surface area contributed by atoms with Crippen molar-refractivity contribution in [2.75, 3.05) is 25.2 Å². The van der Waals surface area contributed by atoms with Crippen LogP contribution in [0.3, 0.4) is 0 Å². The van der Waals surface area contributed by atoms with Crippen LogP contribution in [0.2, 0.25) is 0 Å². The summed E-state index contributed by atoms with van der Waals surface area (Å²) in [5.41, 5.74) is -0.934. The van der Waals surface area contributed by atoms with E-state index in [-0.39, 0.29) is 41.7 Å². The predicted octanol–water partition coefficient (Wildman–Crippen LogP) is 5.97. The number of benzene rings is 2. The molecule has 11 heteroatoms. The number of aromatic nitrogens is 1. The number of fused-ring (bicyclic) bond motifs is 3. The molecular formula is C28H29F3N2O6. The lowest BCUT2D eigenvalue weighted by molar-refractivity contribution is -0.142. The number of alkyl halides is 3. The van der Waals surface area contributed by atoms with Gasteiger partial charge in [0.05, 0.1) is 30.5 Å². The fraction of sp³-hybridized carbons (Fsp3) is 0.393. The minimum atomic E-state index is -4.91. The minimum Gasteiger partial charge on any atom is -0.465 e. The average Bonchev–Trinajstić information content (AvgIpc) is 3.41. The number of H-pyrrole nitrogens is 1. The van der Waals surface area contributed by atoms with E-state index in [0.29, 0.717) is 5.56 Å². The number of amides is 1. The van der Waals surface area contributed by atoms with Crippen molar-refractivity contribution >= 4 is 34.6 Å². The number of hydrogen-bond donors (Lipinski definition) is 1. The summed E-state index contributed by atoms with van der Waals surface area (Å²) >= 11 is 0. The molecule has 0 unspecified atom stereocenters. The molecule has 0 bridgehead atoms. The molecule has 1 atom stereocenters. The van der Waals surface area contributed by atoms with E-state index in [1.165, 1.54) is 11.8 Å². The average molecular weight is 547 g/mol. The standard InChI is InChI=1S/C28H29F3N2O6/c1-15(34)38-14-18-13-33(26(36)39-27(2,3)4)19-12-17(11-16-9-7-6-8-10-16)23-21(20(18)19)22(25(35)37-5)24(32-23)28(29,30)31/h6-10,12,18,32H,11,13-14H2,1-5H3/t18-/m0/s1. The summed E-state index contributed by atoms with van der Waals surface area (Å²) in [5, 5.41) is -0.0270. The lowest BCUT2D eigenvalue weighted by Crippen LogP contribution is -2.36. The Balaban J connectivity index is 2.06. The number of methoxy groups -OCH3 is 1. The van der Waals surface area contributed by atoms with Crippen molar-refractivity contribution in [3.05, 3.63) is 64.3 Å². The summed E-state index contributed by atoms with van der Waals surface area (Å²) in [6.07, 6.45) is -5.42. The van der Waals surface area contributed by atoms with Crippen LogP contribution in [-0.2, 0) is 31.6 Å². The van der Waals surface area contributed by atoms with Crippen molar-refractivity contribution in [1.29, 1.82) is 0 Å². The van der Waals surface area contributed by atoms with E-state index in [9.17, 15) is 27.6 Å². The molecule has 1 aliphatic rings. The van der Waals surface area contributed by atoms with Gasteiger partial charge in [0.15, 0.2) is 0 Å². The zero-order valence-electron chi connectivity index (χ0n) is 22.2. The van der Waals surface area contributed by atoms with E-state index in [4.69, 9.17) is 14.2 Å². The molecule has 8 nitrogen and oxygen atoms in total. The summed E-state index contributed by atoms with van der Waals surface area (Å²) in [7, 11) is 0.999. The van der Waals surface area contributed by atoms with Crippen molar-refractivity contribution in [2.24, 2.45) is 0 Å². The van der Waals surface area contributed by atoms with Gasteiger partial charge >= 0.3 is 24.2 Å². The van der Waals surface area contributed by atoms with Crippen molar-refractivity contribution in [1.82, 2.24) is 4.98 Å². The topological polar surface area (TPSA) is 97.9 Å². The molecule has 4 rings (SSSR count). The Morgan fingerprint density at radius 1 is 1.10 bits per heavy atom. The first kappa shape index (κ1) is 28.0. The largest absolute Gasteiger partial charge is 0.465 e. The van der Waals surface area contributed by atoms with E-state index >= 15 is 0 Å². The Morgan fingerprint density at radius 2 is 1.77 bits per heavy atom. The van der Waals surface area contributed by atoms with Crippen LogP contribution in [0.15, 0.2) is 36.4 Å². The third-order valence-corrected chi connectivity index (χ3v) is 6.29. The highest BCUT2D eigenvalue weighted by Crippen LogP contribution is 2.48. The Bertz CT molecular complexity index is 1420. The van der Waals surface area contributed by atoms with Gasteiger partial charge in [0.25, 0.3) is 0 Å². The highest BCUT2D eigenvalue weighted by atomic mass is 19.4. The van der Waals surface area contributed by atoms with Gasteiger partial charge < -0.3 is 19.2 Å². The molecule has 1 aliphatic heterocycles. The van der Waals surface area contributed by atoms with Crippen LogP contribution in [0, 0.1) is 0 Å². The highest BCUT2D eigenvalue weighted by molar-refractivity contribution is 6.11. The van der Waals surface area contributed by atoms with Gasteiger partial charge in [-0.25, -0.2) is 9.59 Å². The Labute approximate surface area is 223 Å². The number of carbonyl (C=O) groups is 3. The van der Waals surface area contributed by atoms with Crippen LogP contribution in [0.1, 0.15) is 66.4 Å². The van der Waals surface area contributed by atoms with Crippen LogP contribution in [-0.4, -0.2) is 48.9 Å². The molecule has 0 saturated heterocycles. The van der Waals surface area contributed by atoms with E-state index in [2.05, 4.69) is 4.98 Å². The quantitative estimate of drug-likeness (QED) is 0.313. The van der Waals surface area contributed by atoms with Crippen LogP contribution < -0.4 is 4.90 Å². The van der Waals surface area contributed by atoms with E-state index in [0.717, 1.165) is 12.7 Å². The Hall–Kier alpha value is -4.02. The molecule has 0 radical (unpaired) electrons. The molecule has 1 N–H and O–H groups in total. The second-order valence-corrected chi connectivity index (χ2v) is 10.3. The van der Waals surface area contributed by atoms with Gasteiger partial charge in [-0.3, -0.25) is 9.69 Å². The molecule has 2 aromatic carbocycles. The number of rotatable bonds is 5. The van der Waals surface area contributed by atoms with Crippen LogP contribution in [0.4, 0.5) is 23.7 Å². The number of nitrogens with zero attached hydrogens (tertiary/aromatic N) is 1. The number of nitrogens with one attached hydrogen (secondary N) is 1. The van der Waals surface area contributed by atoms with Crippen molar-refractivity contribution in [2.45, 2.75) is 51.8 Å². The Morgan fingerprint density at radius 3 is 2.33 bits per heavy atom. The molecule has 208 valence electrons. The summed E-state index contributed by atoms with van der Waals surface area (Å²) in [4.78, 5) is 41.5. The monoisotopic (exact) mass is 546 g/mol. The maximum absolute atomic E-state index is 14.2. The van der Waals surface area contributed by atoms with Crippen molar-refractivity contribution < 1.29 is 41.8 Å². The number of halogens is 3. The van der Waals surface area contributed by atoms with Crippen molar-refractivity contribution in [3.63, 3.8) is 0 Å². The van der Waals surface area contributed by atoms with E-state index in [1.807, 2.05) is 18.2 Å². The summed E-state index contributed by atoms with van der Waals surface area (Å²) in [6, 6.07) is 10.7. The fourth-order valence-electron chi connectivity index (χ4n) is 4.82. The molecule has 0 saturated carbocycles. The zero-order chi connectivity index (χ0) is 28.7. The normalized spacial score (nSPS) is 15.3. The van der Waals surface area contributed by atoms with Gasteiger partial charge in [0.2, 0.25) is 0 Å². The second-order valence-electron chi connectivity index (χ2n) is 10.3. The molecule has 0 aliphatic carbocycles. The number of aromatic amines is 1. The van der Waals surface area contributed by atoms with E-state index in [1.54, 1.807) is 39.0 Å². The second kappa shape index (κ2) is 10.3. The summed E-state index contributed by atoms with van der Waals surface area (Å²) in [5.74, 6) is -2.51. The fourth-order valence-corrected chi connectivity index (χ4v) is 4.82. The van der Waals surface area contributed by atoms with Gasteiger partial charge in [-0.2, -0.15) is 13.2 Å². The lowest BCUT2D eigenvalue weighted by Gasteiger charge is -2.25. The van der Waals surface area contributed by atoms with Gasteiger partial charge in [-0.1, -0.05) is 30.3 Å². The minimum absolute atomic E-state index is 0.0270. The summed E-state index contributed by atoms with van der Waals surface area (Å²) < 4.78 is 58.3. The maximum atomic E-state index is 14.2. The first-order chi connectivity index (χ1) is 18.2. The third kappa shape index (κ3) is 5.71. The first-order valence-corrected chi connectivity index (χ1v) is 12.3. The number of ether oxygens (including phenoxy) is 3. The number of hydrogen-bond acceptors (Lipinski definition) is 6. The maximum Gasteiger partial charge on any atom is 0.432 e. The zero-order valence-corrected chi connectivity index (χ0v) is 22.2. The van der Waals surface area contributed by atoms with Crippen LogP contribution in [0.25, 0.3) is 10.9 Å². The summed E-state index contributed by atoms with van der Waals surface area (Å²) in [6.45, 7) is 6.03. The third-order valence-electron chi connectivity index (χ3n) is 6.29. The lowest BCUT2D eigenvalue weighted by atomic mass is 9.91. The van der Waals surface area contributed by atoms with Gasteiger partial charge in [-0.15, -0.1) is 0 Å². The molecule has 1 amide bonds. The molecule has 0 fully saturated rings. The number of anilines is 1. The molecule has 1 aromatic heterocycles. The van der Waals surface area contributed by atoms with Gasteiger partial charge in [0.1, 0.15) is 11.3 Å². The molecular weight excluding hydrogens is 517 g/mol. The predicted molar refractivity (Wildman–Crippen MR) is 137 cm³/mol. The van der Waals surface area contributed by atoms with E-state index < -0.39 is 47.0 Å². The van der Waals surface area contributed by atoms with Crippen molar-refractivity contribution in [3.8, 4) is 0 Å². The molecule has 0 spiro atoms.